The van der Waals surface area contributed by atoms with Crippen LogP contribution in [0.25, 0.3) is 10.8 Å². The van der Waals surface area contributed by atoms with Gasteiger partial charge in [0, 0.05) is 6.04 Å². The molecule has 1 heteroatoms. The number of hydrogen-bond acceptors (Lipinski definition) is 1. The van der Waals surface area contributed by atoms with Crippen molar-refractivity contribution in [2.24, 2.45) is 5.92 Å². The van der Waals surface area contributed by atoms with E-state index in [1.165, 1.54) is 22.8 Å². The Hall–Kier alpha value is -1.34. The number of nitrogens with one attached hydrogen (secondary N) is 1. The first-order valence-electron chi connectivity index (χ1n) is 6.05. The van der Waals surface area contributed by atoms with Crippen LogP contribution in [0.3, 0.4) is 0 Å². The first-order valence-corrected chi connectivity index (χ1v) is 6.05. The summed E-state index contributed by atoms with van der Waals surface area (Å²) in [6.07, 6.45) is 1.26. The van der Waals surface area contributed by atoms with E-state index in [4.69, 9.17) is 0 Å². The molecular weight excluding hydrogens is 194 g/mol. The molecule has 82 valence electrons. The molecule has 0 spiro atoms. The van der Waals surface area contributed by atoms with E-state index in [2.05, 4.69) is 54.7 Å². The largest absolute Gasteiger partial charge is 0.310 e. The molecule has 3 rings (SSSR count). The molecule has 2 atom stereocenters. The van der Waals surface area contributed by atoms with Gasteiger partial charge in [-0.05, 0) is 41.3 Å². The van der Waals surface area contributed by atoms with Crippen LogP contribution in [0.15, 0.2) is 42.5 Å². The molecule has 1 saturated heterocycles. The van der Waals surface area contributed by atoms with Gasteiger partial charge in [0.05, 0.1) is 0 Å². The van der Waals surface area contributed by atoms with E-state index in [0.29, 0.717) is 6.04 Å². The Kier molecular flexibility index (Phi) is 2.41. The summed E-state index contributed by atoms with van der Waals surface area (Å²) >= 11 is 0. The van der Waals surface area contributed by atoms with Crippen molar-refractivity contribution < 1.29 is 0 Å². The smallest absolute Gasteiger partial charge is 0.0323 e. The fourth-order valence-electron chi connectivity index (χ4n) is 2.59. The topological polar surface area (TPSA) is 12.0 Å². The highest BCUT2D eigenvalue weighted by Crippen LogP contribution is 2.28. The minimum atomic E-state index is 0.555. The zero-order valence-electron chi connectivity index (χ0n) is 9.61. The van der Waals surface area contributed by atoms with E-state index in [1.54, 1.807) is 0 Å². The number of fused-ring (bicyclic) bond motifs is 1. The minimum absolute atomic E-state index is 0.555. The molecule has 0 aromatic heterocycles. The summed E-state index contributed by atoms with van der Waals surface area (Å²) in [4.78, 5) is 0. The lowest BCUT2D eigenvalue weighted by Crippen LogP contribution is -2.13. The molecule has 1 heterocycles. The van der Waals surface area contributed by atoms with Crippen molar-refractivity contribution in [2.45, 2.75) is 19.4 Å². The van der Waals surface area contributed by atoms with Crippen molar-refractivity contribution in [1.82, 2.24) is 5.32 Å². The van der Waals surface area contributed by atoms with Crippen LogP contribution in [0.1, 0.15) is 24.9 Å². The van der Waals surface area contributed by atoms with Gasteiger partial charge in [-0.3, -0.25) is 0 Å². The second-order valence-electron chi connectivity index (χ2n) is 4.91. The van der Waals surface area contributed by atoms with Crippen molar-refractivity contribution in [3.63, 3.8) is 0 Å². The molecule has 1 nitrogen and oxygen atoms in total. The average Bonchev–Trinajstić information content (AvgIpc) is 2.75. The van der Waals surface area contributed by atoms with Crippen LogP contribution in [0.4, 0.5) is 0 Å². The molecule has 1 fully saturated rings. The van der Waals surface area contributed by atoms with E-state index >= 15 is 0 Å². The van der Waals surface area contributed by atoms with Gasteiger partial charge in [-0.2, -0.15) is 0 Å². The van der Waals surface area contributed by atoms with Crippen molar-refractivity contribution >= 4 is 10.8 Å². The number of benzene rings is 2. The fraction of sp³-hybridized carbons (Fsp3) is 0.333. The summed E-state index contributed by atoms with van der Waals surface area (Å²) in [5.74, 6) is 0.802. The van der Waals surface area contributed by atoms with Gasteiger partial charge in [0.1, 0.15) is 0 Å². The van der Waals surface area contributed by atoms with Gasteiger partial charge in [-0.1, -0.05) is 43.3 Å². The third-order valence-corrected chi connectivity index (χ3v) is 3.53. The average molecular weight is 211 g/mol. The molecular formula is C15H17N. The van der Waals surface area contributed by atoms with E-state index in [1.807, 2.05) is 0 Å². The van der Waals surface area contributed by atoms with E-state index in [9.17, 15) is 0 Å². The Morgan fingerprint density at radius 2 is 1.88 bits per heavy atom. The first-order chi connectivity index (χ1) is 7.83. The molecule has 2 unspecified atom stereocenters. The minimum Gasteiger partial charge on any atom is -0.310 e. The number of rotatable bonds is 1. The molecule has 16 heavy (non-hydrogen) atoms. The molecule has 2 aromatic carbocycles. The second-order valence-corrected chi connectivity index (χ2v) is 4.91. The number of hydrogen-bond donors (Lipinski definition) is 1. The summed E-state index contributed by atoms with van der Waals surface area (Å²) < 4.78 is 0. The third-order valence-electron chi connectivity index (χ3n) is 3.53. The molecule has 0 amide bonds. The van der Waals surface area contributed by atoms with Gasteiger partial charge in [-0.25, -0.2) is 0 Å². The molecule has 0 aliphatic carbocycles. The van der Waals surface area contributed by atoms with Crippen LogP contribution in [0, 0.1) is 5.92 Å². The van der Waals surface area contributed by atoms with E-state index in [-0.39, 0.29) is 0 Å². The highest BCUT2D eigenvalue weighted by atomic mass is 14.9. The fourth-order valence-corrected chi connectivity index (χ4v) is 2.59. The summed E-state index contributed by atoms with van der Waals surface area (Å²) in [5.41, 5.74) is 1.43. The van der Waals surface area contributed by atoms with Gasteiger partial charge in [0.15, 0.2) is 0 Å². The molecule has 0 saturated carbocycles. The summed E-state index contributed by atoms with van der Waals surface area (Å²) in [6.45, 7) is 3.46. The molecule has 2 aromatic rings. The standard InChI is InChI=1S/C15H17N/c1-11-8-15(16-10-11)14-7-6-12-4-2-3-5-13(12)9-14/h2-7,9,11,15-16H,8,10H2,1H3. The van der Waals surface area contributed by atoms with Crippen LogP contribution in [-0.4, -0.2) is 6.54 Å². The zero-order chi connectivity index (χ0) is 11.0. The van der Waals surface area contributed by atoms with Gasteiger partial charge in [0.2, 0.25) is 0 Å². The van der Waals surface area contributed by atoms with Crippen molar-refractivity contribution in [2.75, 3.05) is 6.54 Å². The maximum atomic E-state index is 3.59. The predicted molar refractivity (Wildman–Crippen MR) is 68.5 cm³/mol. The SMILES string of the molecule is CC1CNC(c2ccc3ccccc3c2)C1. The predicted octanol–water partition coefficient (Wildman–Crippen LogP) is 3.51. The highest BCUT2D eigenvalue weighted by Gasteiger charge is 2.21. The van der Waals surface area contributed by atoms with Crippen LogP contribution >= 0.6 is 0 Å². The van der Waals surface area contributed by atoms with Crippen molar-refractivity contribution in [3.05, 3.63) is 48.0 Å². The lowest BCUT2D eigenvalue weighted by atomic mass is 9.98. The summed E-state index contributed by atoms with van der Waals surface area (Å²) in [5, 5.41) is 6.27. The van der Waals surface area contributed by atoms with Crippen molar-refractivity contribution in [3.8, 4) is 0 Å². The van der Waals surface area contributed by atoms with E-state index < -0.39 is 0 Å². The Morgan fingerprint density at radius 1 is 1.06 bits per heavy atom. The zero-order valence-corrected chi connectivity index (χ0v) is 9.61. The Morgan fingerprint density at radius 3 is 2.62 bits per heavy atom. The van der Waals surface area contributed by atoms with Crippen LogP contribution in [0.5, 0.6) is 0 Å². The first kappa shape index (κ1) is 9.86. The quantitative estimate of drug-likeness (QED) is 0.761. The summed E-state index contributed by atoms with van der Waals surface area (Å²) in [6, 6.07) is 15.9. The lowest BCUT2D eigenvalue weighted by molar-refractivity contribution is 0.612. The van der Waals surface area contributed by atoms with Crippen molar-refractivity contribution in [1.29, 1.82) is 0 Å². The normalized spacial score (nSPS) is 25.1. The Balaban J connectivity index is 1.99. The van der Waals surface area contributed by atoms with Gasteiger partial charge in [-0.15, -0.1) is 0 Å². The maximum Gasteiger partial charge on any atom is 0.0323 e. The lowest BCUT2D eigenvalue weighted by Gasteiger charge is -2.11. The maximum absolute atomic E-state index is 3.59. The third kappa shape index (κ3) is 1.72. The molecule has 0 radical (unpaired) electrons. The van der Waals surface area contributed by atoms with Crippen LogP contribution in [-0.2, 0) is 0 Å². The van der Waals surface area contributed by atoms with Crippen LogP contribution < -0.4 is 5.32 Å². The Labute approximate surface area is 96.5 Å². The highest BCUT2D eigenvalue weighted by molar-refractivity contribution is 5.83. The molecule has 0 bridgehead atoms. The monoisotopic (exact) mass is 211 g/mol. The summed E-state index contributed by atoms with van der Waals surface area (Å²) in [7, 11) is 0. The molecule has 1 aliphatic heterocycles. The molecule has 1 aliphatic rings. The van der Waals surface area contributed by atoms with E-state index in [0.717, 1.165) is 12.5 Å². The molecule has 1 N–H and O–H groups in total. The van der Waals surface area contributed by atoms with Gasteiger partial charge < -0.3 is 5.32 Å². The van der Waals surface area contributed by atoms with Crippen LogP contribution in [0.2, 0.25) is 0 Å². The second kappa shape index (κ2) is 3.91. The van der Waals surface area contributed by atoms with Gasteiger partial charge >= 0.3 is 0 Å². The van der Waals surface area contributed by atoms with Gasteiger partial charge in [0.25, 0.3) is 0 Å². The Bertz CT molecular complexity index is 504.